The fraction of sp³-hybridized carbons (Fsp3) is 0.286. The van der Waals surface area contributed by atoms with Crippen molar-refractivity contribution in [1.82, 2.24) is 4.98 Å². The average Bonchev–Trinajstić information content (AvgIpc) is 3.87. The first-order valence-corrected chi connectivity index (χ1v) is 25.4. The molecule has 1 heterocycles. The fourth-order valence-electron chi connectivity index (χ4n) is 8.05. The lowest BCUT2D eigenvalue weighted by atomic mass is 9.82. The number of benzene rings is 4. The molecule has 4 aromatic carbocycles. The first kappa shape index (κ1) is 56.5. The van der Waals surface area contributed by atoms with Gasteiger partial charge < -0.3 is 47.4 Å². The number of carbonyl (C=O) groups is 8. The molecule has 22 heteroatoms. The van der Waals surface area contributed by atoms with Gasteiger partial charge in [0.2, 0.25) is 18.7 Å². The van der Waals surface area contributed by atoms with Gasteiger partial charge in [-0.2, -0.15) is 5.10 Å². The van der Waals surface area contributed by atoms with Crippen LogP contribution in [-0.2, 0) is 47.8 Å². The Morgan fingerprint density at radius 2 is 1.00 bits per heavy atom. The summed E-state index contributed by atoms with van der Waals surface area (Å²) in [5, 5.41) is 4.86. The summed E-state index contributed by atoms with van der Waals surface area (Å²) in [5.74, 6) is -6.98. The fourth-order valence-corrected chi connectivity index (χ4v) is 8.87. The maximum atomic E-state index is 13.7. The third kappa shape index (κ3) is 15.9. The molecule has 1 N–H and O–H groups in total. The van der Waals surface area contributed by atoms with Gasteiger partial charge in [-0.05, 0) is 106 Å². The van der Waals surface area contributed by atoms with Crippen LogP contribution in [0.5, 0.6) is 46.0 Å². The van der Waals surface area contributed by atoms with Crippen LogP contribution in [-0.4, -0.2) is 72.5 Å². The van der Waals surface area contributed by atoms with Crippen molar-refractivity contribution in [3.05, 3.63) is 122 Å². The van der Waals surface area contributed by atoms with E-state index in [1.807, 2.05) is 24.3 Å². The highest BCUT2D eigenvalue weighted by molar-refractivity contribution is 7.22. The number of aromatic nitrogens is 1. The molecule has 0 spiro atoms. The molecule has 1 aromatic heterocycles. The Bertz CT molecular complexity index is 3080. The smallest absolute Gasteiger partial charge is 0.335 e. The Labute approximate surface area is 450 Å². The molecule has 0 saturated heterocycles. The summed E-state index contributed by atoms with van der Waals surface area (Å²) in [6, 6.07) is 20.2. The van der Waals surface area contributed by atoms with Crippen LogP contribution in [0.4, 0.5) is 5.13 Å². The van der Waals surface area contributed by atoms with E-state index in [2.05, 4.69) is 35.2 Å². The second-order valence-corrected chi connectivity index (χ2v) is 18.4. The van der Waals surface area contributed by atoms with Crippen molar-refractivity contribution in [2.24, 2.45) is 28.8 Å². The Morgan fingerprint density at radius 1 is 0.551 bits per heavy atom. The van der Waals surface area contributed by atoms with E-state index in [9.17, 15) is 38.4 Å². The number of rotatable bonds is 23. The Balaban J connectivity index is 0.957. The maximum absolute atomic E-state index is 13.7. The number of thiazole rings is 1. The van der Waals surface area contributed by atoms with E-state index in [1.165, 1.54) is 72.1 Å². The van der Waals surface area contributed by atoms with Gasteiger partial charge in [-0.15, -0.1) is 0 Å². The molecule has 2 fully saturated rings. The molecule has 0 amide bonds. The lowest BCUT2D eigenvalue weighted by molar-refractivity contribution is -0.150. The number of hydrogen-bond donors (Lipinski definition) is 1. The van der Waals surface area contributed by atoms with Crippen LogP contribution in [0, 0.1) is 23.7 Å². The van der Waals surface area contributed by atoms with Crippen LogP contribution in [0.15, 0.2) is 122 Å². The van der Waals surface area contributed by atoms with Gasteiger partial charge in [0, 0.05) is 42.3 Å². The molecule has 5 aromatic rings. The molecule has 78 heavy (non-hydrogen) atoms. The number of hydrazone groups is 1. The molecule has 0 radical (unpaired) electrons. The number of fused-ring (bicyclic) bond motifs is 1. The molecule has 0 aliphatic heterocycles. The van der Waals surface area contributed by atoms with Gasteiger partial charge in [0.15, 0.2) is 23.0 Å². The van der Waals surface area contributed by atoms with Crippen LogP contribution < -0.4 is 43.3 Å². The number of nitrogens with one attached hydrogen (secondary N) is 1. The van der Waals surface area contributed by atoms with Crippen LogP contribution in [0.1, 0.15) is 70.3 Å². The zero-order chi connectivity index (χ0) is 55.6. The van der Waals surface area contributed by atoms with E-state index in [0.717, 1.165) is 28.4 Å². The summed E-state index contributed by atoms with van der Waals surface area (Å²) in [5.41, 5.74) is 3.98. The minimum absolute atomic E-state index is 0.0182. The van der Waals surface area contributed by atoms with E-state index in [0.29, 0.717) is 62.1 Å². The maximum Gasteiger partial charge on any atom is 0.335 e. The molecule has 2 aliphatic rings. The average molecular weight is 1090 g/mol. The Hall–Kier alpha value is -9.18. The lowest BCUT2D eigenvalue weighted by Gasteiger charge is -2.26. The monoisotopic (exact) mass is 1090 g/mol. The quantitative estimate of drug-likeness (QED) is 0.0160. The predicted molar refractivity (Wildman–Crippen MR) is 279 cm³/mol. The van der Waals surface area contributed by atoms with Crippen molar-refractivity contribution in [2.45, 2.75) is 64.7 Å². The third-order valence-corrected chi connectivity index (χ3v) is 13.1. The number of nitrogens with zero attached hydrogens (tertiary/aromatic N) is 2. The Morgan fingerprint density at radius 3 is 1.47 bits per heavy atom. The van der Waals surface area contributed by atoms with Crippen molar-refractivity contribution in [2.75, 3.05) is 19.0 Å². The van der Waals surface area contributed by atoms with Crippen LogP contribution >= 0.6 is 11.3 Å². The largest absolute Gasteiger partial charge is 0.453 e. The molecule has 21 nitrogen and oxygen atoms in total. The number of esters is 8. The van der Waals surface area contributed by atoms with E-state index in [1.54, 1.807) is 6.92 Å². The number of carbonyl (C=O) groups excluding carboxylic acids is 8. The highest BCUT2D eigenvalue weighted by Crippen LogP contribution is 2.38. The summed E-state index contributed by atoms with van der Waals surface area (Å²) in [7, 11) is 0. The van der Waals surface area contributed by atoms with Crippen molar-refractivity contribution in [3.63, 3.8) is 0 Å². The molecular formula is C56H53N3O18S. The molecule has 2 aliphatic carbocycles. The van der Waals surface area contributed by atoms with E-state index in [-0.39, 0.29) is 52.4 Å². The summed E-state index contributed by atoms with van der Waals surface area (Å²) < 4.78 is 55.2. The van der Waals surface area contributed by atoms with Gasteiger partial charge in [0.1, 0.15) is 23.0 Å². The van der Waals surface area contributed by atoms with Gasteiger partial charge in [0.05, 0.1) is 40.1 Å². The standard InChI is InChI=1S/C56H53N3O18S/c1-5-48(60)70-31-68-45-28-39(22-25-43(45)75-50(62)7-3)73-53(65)34-15-13-33(14-16-34)52(64)72-38-21-24-42(37(27-38)30-57-59-56-58-41-11-9-10-12-47(41)78-56)77-55(67)36-19-17-35(18-20-36)54(66)74-40-23-26-44(76-51(63)8-4)46(29-40)69-32-71-49(61)6-2/h6-12,21-30,33-36H,2-5,13-20,31-32H2,1H3,(H,58,59)/b57-30+. The SMILES string of the molecule is C=CC(=O)OCOc1cc(OC(=O)C2CCC(C(=O)Oc3ccc(OC(=O)C4CCC(C(=O)Oc5ccc(OC(=O)C=C)c(OCOC(=O)CC)c5)CC4)cc3/C=N/Nc3nc4ccccc4s3)CC2)ccc1OC(=O)C=C. The van der Waals surface area contributed by atoms with Crippen molar-refractivity contribution < 1.29 is 85.7 Å². The first-order valence-electron chi connectivity index (χ1n) is 24.5. The number of hydrogen-bond acceptors (Lipinski definition) is 22. The predicted octanol–water partition coefficient (Wildman–Crippen LogP) is 8.91. The molecule has 7 rings (SSSR count). The van der Waals surface area contributed by atoms with E-state index >= 15 is 0 Å². The summed E-state index contributed by atoms with van der Waals surface area (Å²) in [6.07, 6.45) is 6.83. The second-order valence-electron chi connectivity index (χ2n) is 17.4. The second kappa shape index (κ2) is 27.6. The molecule has 0 atom stereocenters. The normalized spacial score (nSPS) is 16.8. The van der Waals surface area contributed by atoms with Gasteiger partial charge in [0.25, 0.3) is 0 Å². The molecule has 2 saturated carbocycles. The zero-order valence-electron chi connectivity index (χ0n) is 42.2. The topological polar surface area (TPSA) is 266 Å². The minimum Gasteiger partial charge on any atom is -0.453 e. The molecule has 406 valence electrons. The van der Waals surface area contributed by atoms with Crippen molar-refractivity contribution >= 4 is 80.7 Å². The van der Waals surface area contributed by atoms with Gasteiger partial charge in [-0.3, -0.25) is 29.4 Å². The van der Waals surface area contributed by atoms with Crippen molar-refractivity contribution in [1.29, 1.82) is 0 Å². The summed E-state index contributed by atoms with van der Waals surface area (Å²) in [6.45, 7) is 10.6. The Kier molecular flexibility index (Phi) is 20.0. The van der Waals surface area contributed by atoms with Gasteiger partial charge >= 0.3 is 47.8 Å². The van der Waals surface area contributed by atoms with Crippen LogP contribution in [0.3, 0.4) is 0 Å². The highest BCUT2D eigenvalue weighted by Gasteiger charge is 2.34. The number of ether oxygens (including phenoxy) is 10. The van der Waals surface area contributed by atoms with Crippen molar-refractivity contribution in [3.8, 4) is 46.0 Å². The molecular weight excluding hydrogens is 1030 g/mol. The van der Waals surface area contributed by atoms with Crippen LogP contribution in [0.25, 0.3) is 10.2 Å². The third-order valence-electron chi connectivity index (χ3n) is 12.2. The lowest BCUT2D eigenvalue weighted by Crippen LogP contribution is -2.30. The minimum atomic E-state index is -0.781. The van der Waals surface area contributed by atoms with E-state index in [4.69, 9.17) is 47.4 Å². The number of para-hydroxylation sites is 1. The van der Waals surface area contributed by atoms with Gasteiger partial charge in [-0.1, -0.05) is 50.1 Å². The molecule has 0 bridgehead atoms. The first-order chi connectivity index (χ1) is 37.7. The number of anilines is 1. The molecule has 0 unspecified atom stereocenters. The van der Waals surface area contributed by atoms with Crippen LogP contribution in [0.2, 0.25) is 0 Å². The van der Waals surface area contributed by atoms with Gasteiger partial charge in [-0.25, -0.2) is 19.4 Å². The van der Waals surface area contributed by atoms with E-state index < -0.39 is 85.0 Å². The zero-order valence-corrected chi connectivity index (χ0v) is 43.0. The highest BCUT2D eigenvalue weighted by atomic mass is 32.1. The summed E-state index contributed by atoms with van der Waals surface area (Å²) in [4.78, 5) is 105. The summed E-state index contributed by atoms with van der Waals surface area (Å²) >= 11 is 1.38.